The summed E-state index contributed by atoms with van der Waals surface area (Å²) in [6.07, 6.45) is 0.587. The minimum absolute atomic E-state index is 0.00945. The van der Waals surface area contributed by atoms with Gasteiger partial charge in [-0.05, 0) is 12.5 Å². The van der Waals surface area contributed by atoms with Crippen molar-refractivity contribution in [3.05, 3.63) is 23.0 Å². The molecule has 78 valence electrons. The van der Waals surface area contributed by atoms with Crippen LogP contribution in [0, 0.1) is 5.82 Å². The maximum atomic E-state index is 13.0. The highest BCUT2D eigenvalue weighted by molar-refractivity contribution is 6.31. The Hall–Kier alpha value is -1.00. The van der Waals surface area contributed by atoms with Crippen molar-refractivity contribution in [2.45, 2.75) is 6.42 Å². The van der Waals surface area contributed by atoms with Gasteiger partial charge in [0.2, 0.25) is 0 Å². The summed E-state index contributed by atoms with van der Waals surface area (Å²) in [4.78, 5) is 0. The number of aliphatic hydroxyl groups is 1. The van der Waals surface area contributed by atoms with E-state index in [4.69, 9.17) is 22.4 Å². The first-order chi connectivity index (χ1) is 6.65. The summed E-state index contributed by atoms with van der Waals surface area (Å²) < 4.78 is 13.0. The number of halogens is 2. The fourth-order valence-corrected chi connectivity index (χ4v) is 1.19. The fourth-order valence-electron chi connectivity index (χ4n) is 1.02. The van der Waals surface area contributed by atoms with E-state index in [-0.39, 0.29) is 11.6 Å². The number of aliphatic hydroxyl groups excluding tert-OH is 1. The maximum Gasteiger partial charge on any atom is 0.143 e. The van der Waals surface area contributed by atoms with Gasteiger partial charge in [-0.2, -0.15) is 0 Å². The molecule has 0 saturated carbocycles. The van der Waals surface area contributed by atoms with Crippen molar-refractivity contribution in [1.82, 2.24) is 0 Å². The monoisotopic (exact) mass is 218 g/mol. The lowest BCUT2D eigenvalue weighted by atomic mass is 10.2. The molecule has 0 unspecified atom stereocenters. The SMILES string of the molecule is Nc1cc(Cl)c(F)cc1NCCCO. The molecule has 0 aliphatic carbocycles. The van der Waals surface area contributed by atoms with Crippen molar-refractivity contribution < 1.29 is 9.50 Å². The summed E-state index contributed by atoms with van der Waals surface area (Å²) in [6.45, 7) is 0.630. The molecule has 14 heavy (non-hydrogen) atoms. The van der Waals surface area contributed by atoms with Gasteiger partial charge in [0.15, 0.2) is 0 Å². The quantitative estimate of drug-likeness (QED) is 0.534. The first kappa shape index (κ1) is 11.1. The summed E-state index contributed by atoms with van der Waals surface area (Å²) in [6, 6.07) is 2.60. The predicted octanol–water partition coefficient (Wildman–Crippen LogP) is 1.86. The molecule has 0 amide bonds. The maximum absolute atomic E-state index is 13.0. The minimum Gasteiger partial charge on any atom is -0.397 e. The zero-order valence-electron chi connectivity index (χ0n) is 7.56. The molecule has 5 heteroatoms. The van der Waals surface area contributed by atoms with E-state index in [1.165, 1.54) is 12.1 Å². The molecule has 0 saturated heterocycles. The second-order valence-electron chi connectivity index (χ2n) is 2.86. The van der Waals surface area contributed by atoms with Crippen LogP contribution in [-0.2, 0) is 0 Å². The number of hydrogen-bond acceptors (Lipinski definition) is 3. The van der Waals surface area contributed by atoms with Crippen LogP contribution in [0.25, 0.3) is 0 Å². The molecule has 1 aromatic rings. The van der Waals surface area contributed by atoms with E-state index in [2.05, 4.69) is 5.32 Å². The Labute approximate surface area is 86.7 Å². The molecule has 1 aromatic carbocycles. The van der Waals surface area contributed by atoms with Gasteiger partial charge in [0.1, 0.15) is 5.82 Å². The molecule has 0 aliphatic heterocycles. The number of benzene rings is 1. The van der Waals surface area contributed by atoms with Crippen LogP contribution >= 0.6 is 11.6 Å². The molecule has 0 aliphatic rings. The van der Waals surface area contributed by atoms with Crippen molar-refractivity contribution in [1.29, 1.82) is 0 Å². The van der Waals surface area contributed by atoms with Crippen LogP contribution < -0.4 is 11.1 Å². The molecule has 0 radical (unpaired) electrons. The van der Waals surface area contributed by atoms with E-state index in [1.807, 2.05) is 0 Å². The van der Waals surface area contributed by atoms with Gasteiger partial charge in [0, 0.05) is 19.2 Å². The Bertz CT molecular complexity index is 320. The molecule has 0 atom stereocenters. The molecule has 0 fully saturated rings. The van der Waals surface area contributed by atoms with Crippen LogP contribution in [0.3, 0.4) is 0 Å². The van der Waals surface area contributed by atoms with Crippen molar-refractivity contribution in [2.24, 2.45) is 0 Å². The second-order valence-corrected chi connectivity index (χ2v) is 3.26. The van der Waals surface area contributed by atoms with Gasteiger partial charge in [0.25, 0.3) is 0 Å². The molecule has 4 N–H and O–H groups in total. The average Bonchev–Trinajstić information content (AvgIpc) is 2.14. The molecule has 0 bridgehead atoms. The number of nitrogens with two attached hydrogens (primary N) is 1. The first-order valence-electron chi connectivity index (χ1n) is 4.24. The number of nitrogens with one attached hydrogen (secondary N) is 1. The molecule has 3 nitrogen and oxygen atoms in total. The third kappa shape index (κ3) is 2.75. The Kier molecular flexibility index (Phi) is 3.98. The Morgan fingerprint density at radius 1 is 1.50 bits per heavy atom. The highest BCUT2D eigenvalue weighted by Gasteiger charge is 2.05. The van der Waals surface area contributed by atoms with Crippen LogP contribution in [0.2, 0.25) is 5.02 Å². The third-order valence-corrected chi connectivity index (χ3v) is 2.03. The average molecular weight is 219 g/mol. The molecule has 0 aromatic heterocycles. The lowest BCUT2D eigenvalue weighted by Crippen LogP contribution is -2.06. The van der Waals surface area contributed by atoms with Gasteiger partial charge in [-0.25, -0.2) is 4.39 Å². The van der Waals surface area contributed by atoms with Crippen LogP contribution in [-0.4, -0.2) is 18.3 Å². The van der Waals surface area contributed by atoms with Gasteiger partial charge in [-0.1, -0.05) is 11.6 Å². The van der Waals surface area contributed by atoms with Gasteiger partial charge in [-0.15, -0.1) is 0 Å². The molecule has 0 spiro atoms. The predicted molar refractivity (Wildman–Crippen MR) is 56.0 cm³/mol. The molecular formula is C9H12ClFN2O. The van der Waals surface area contributed by atoms with Gasteiger partial charge in [-0.3, -0.25) is 0 Å². The summed E-state index contributed by atoms with van der Waals surface area (Å²) in [5.74, 6) is -0.507. The van der Waals surface area contributed by atoms with Crippen molar-refractivity contribution in [3.8, 4) is 0 Å². The Balaban J connectivity index is 2.72. The first-order valence-corrected chi connectivity index (χ1v) is 4.62. The number of rotatable bonds is 4. The van der Waals surface area contributed by atoms with E-state index in [9.17, 15) is 4.39 Å². The fraction of sp³-hybridized carbons (Fsp3) is 0.333. The topological polar surface area (TPSA) is 58.3 Å². The zero-order valence-corrected chi connectivity index (χ0v) is 8.31. The third-order valence-electron chi connectivity index (χ3n) is 1.74. The summed E-state index contributed by atoms with van der Waals surface area (Å²) >= 11 is 5.52. The zero-order chi connectivity index (χ0) is 10.6. The van der Waals surface area contributed by atoms with Crippen molar-refractivity contribution in [2.75, 3.05) is 24.2 Å². The van der Waals surface area contributed by atoms with Crippen molar-refractivity contribution >= 4 is 23.0 Å². The van der Waals surface area contributed by atoms with Gasteiger partial charge in [0.05, 0.1) is 16.4 Å². The Morgan fingerprint density at radius 2 is 2.21 bits per heavy atom. The van der Waals surface area contributed by atoms with E-state index >= 15 is 0 Å². The second kappa shape index (κ2) is 5.02. The smallest absolute Gasteiger partial charge is 0.143 e. The summed E-state index contributed by atoms with van der Waals surface area (Å²) in [5, 5.41) is 11.5. The van der Waals surface area contributed by atoms with E-state index in [0.717, 1.165) is 0 Å². The van der Waals surface area contributed by atoms with Crippen LogP contribution in [0.15, 0.2) is 12.1 Å². The summed E-state index contributed by atoms with van der Waals surface area (Å²) in [7, 11) is 0. The Morgan fingerprint density at radius 3 is 2.86 bits per heavy atom. The van der Waals surface area contributed by atoms with Gasteiger partial charge >= 0.3 is 0 Å². The molecule has 0 heterocycles. The van der Waals surface area contributed by atoms with E-state index in [1.54, 1.807) is 0 Å². The lowest BCUT2D eigenvalue weighted by Gasteiger charge is -2.09. The van der Waals surface area contributed by atoms with Crippen LogP contribution in [0.4, 0.5) is 15.8 Å². The van der Waals surface area contributed by atoms with Gasteiger partial charge < -0.3 is 16.2 Å². The molecule has 1 rings (SSSR count). The lowest BCUT2D eigenvalue weighted by molar-refractivity contribution is 0.292. The largest absolute Gasteiger partial charge is 0.397 e. The minimum atomic E-state index is -0.507. The highest BCUT2D eigenvalue weighted by atomic mass is 35.5. The number of hydrogen-bond donors (Lipinski definition) is 3. The highest BCUT2D eigenvalue weighted by Crippen LogP contribution is 2.25. The molecular weight excluding hydrogens is 207 g/mol. The number of anilines is 2. The van der Waals surface area contributed by atoms with Crippen molar-refractivity contribution in [3.63, 3.8) is 0 Å². The van der Waals surface area contributed by atoms with Crippen LogP contribution in [0.1, 0.15) is 6.42 Å². The normalized spacial score (nSPS) is 10.2. The van der Waals surface area contributed by atoms with E-state index in [0.29, 0.717) is 24.3 Å². The van der Waals surface area contributed by atoms with E-state index < -0.39 is 5.82 Å². The summed E-state index contributed by atoms with van der Waals surface area (Å²) in [5.41, 5.74) is 6.49. The van der Waals surface area contributed by atoms with Crippen LogP contribution in [0.5, 0.6) is 0 Å². The standard InChI is InChI=1S/C9H12ClFN2O/c10-6-4-8(12)9(5-7(6)11)13-2-1-3-14/h4-5,13-14H,1-3,12H2. The number of nitrogen functional groups attached to an aromatic ring is 1.